The quantitative estimate of drug-likeness (QED) is 0.279. The molecule has 2 heterocycles. The third-order valence-corrected chi connectivity index (χ3v) is 6.03. The van der Waals surface area contributed by atoms with Crippen LogP contribution in [0.3, 0.4) is 0 Å². The lowest BCUT2D eigenvalue weighted by Gasteiger charge is -2.13. The number of hydrogen-bond donors (Lipinski definition) is 1. The van der Waals surface area contributed by atoms with E-state index in [0.29, 0.717) is 21.3 Å². The number of halogens is 1. The largest absolute Gasteiger partial charge is 0.293 e. The molecule has 0 saturated carbocycles. The normalized spacial score (nSPS) is 10.8. The van der Waals surface area contributed by atoms with Gasteiger partial charge in [-0.25, -0.2) is 9.37 Å². The van der Waals surface area contributed by atoms with Gasteiger partial charge in [-0.3, -0.25) is 19.8 Å². The number of aromatic nitrogens is 2. The zero-order valence-electron chi connectivity index (χ0n) is 15.4. The summed E-state index contributed by atoms with van der Waals surface area (Å²) in [6, 6.07) is 15.4. The van der Waals surface area contributed by atoms with Gasteiger partial charge in [0.1, 0.15) is 10.5 Å². The van der Waals surface area contributed by atoms with Crippen molar-refractivity contribution < 1.29 is 14.0 Å². The van der Waals surface area contributed by atoms with Crippen LogP contribution in [-0.4, -0.2) is 27.1 Å². The van der Waals surface area contributed by atoms with Crippen molar-refractivity contribution in [3.05, 3.63) is 93.3 Å². The Morgan fingerprint density at radius 3 is 2.50 bits per heavy atom. The first-order valence-corrected chi connectivity index (χ1v) is 10.7. The van der Waals surface area contributed by atoms with E-state index in [2.05, 4.69) is 10.4 Å². The number of nitrogens with one attached hydrogen (secondary N) is 1. The first kappa shape index (κ1) is 20.0. The summed E-state index contributed by atoms with van der Waals surface area (Å²) in [4.78, 5) is 42.4. The molecule has 0 aliphatic rings. The standard InChI is InChI=1S/C21H14FN3O3S2/c22-15-8-6-13(7-9-15)17(26)12-30-21-23-16-10-11-29-18(16)20(28)25(21)24-19(27)14-4-2-1-3-5-14/h1-11H,12H2,(H,24,27). The predicted octanol–water partition coefficient (Wildman–Crippen LogP) is 3.96. The number of hydrogen-bond acceptors (Lipinski definition) is 6. The lowest BCUT2D eigenvalue weighted by Crippen LogP contribution is -2.35. The molecule has 0 saturated heterocycles. The van der Waals surface area contributed by atoms with E-state index in [4.69, 9.17) is 0 Å². The number of amides is 1. The average Bonchev–Trinajstić information content (AvgIpc) is 3.24. The molecule has 9 heteroatoms. The third-order valence-electron chi connectivity index (χ3n) is 4.20. The Hall–Kier alpha value is -3.30. The van der Waals surface area contributed by atoms with E-state index in [-0.39, 0.29) is 16.7 Å². The van der Waals surface area contributed by atoms with E-state index < -0.39 is 17.3 Å². The summed E-state index contributed by atoms with van der Waals surface area (Å²) in [5, 5.41) is 1.92. The Labute approximate surface area is 178 Å². The molecule has 0 bridgehead atoms. The highest BCUT2D eigenvalue weighted by Gasteiger charge is 2.17. The Morgan fingerprint density at radius 1 is 1.03 bits per heavy atom. The molecule has 0 aliphatic heterocycles. The average molecular weight is 439 g/mol. The minimum absolute atomic E-state index is 0.0328. The first-order valence-electron chi connectivity index (χ1n) is 8.81. The maximum absolute atomic E-state index is 13.1. The fraction of sp³-hybridized carbons (Fsp3) is 0.0476. The SMILES string of the molecule is O=C(CSc1nc2ccsc2c(=O)n1NC(=O)c1ccccc1)c1ccc(F)cc1. The molecule has 1 amide bonds. The Bertz CT molecular complexity index is 1280. The van der Waals surface area contributed by atoms with Crippen LogP contribution in [0, 0.1) is 5.82 Å². The molecule has 0 spiro atoms. The number of thioether (sulfide) groups is 1. The molecular weight excluding hydrogens is 425 g/mol. The van der Waals surface area contributed by atoms with E-state index in [9.17, 15) is 18.8 Å². The van der Waals surface area contributed by atoms with Crippen LogP contribution < -0.4 is 11.0 Å². The van der Waals surface area contributed by atoms with Crippen molar-refractivity contribution in [1.29, 1.82) is 0 Å². The van der Waals surface area contributed by atoms with E-state index >= 15 is 0 Å². The van der Waals surface area contributed by atoms with Crippen molar-refractivity contribution in [2.24, 2.45) is 0 Å². The van der Waals surface area contributed by atoms with Gasteiger partial charge in [0.05, 0.1) is 11.3 Å². The second-order valence-electron chi connectivity index (χ2n) is 6.20. The van der Waals surface area contributed by atoms with E-state index in [1.807, 2.05) is 0 Å². The number of rotatable bonds is 6. The number of benzene rings is 2. The molecule has 6 nitrogen and oxygen atoms in total. The van der Waals surface area contributed by atoms with E-state index in [0.717, 1.165) is 16.4 Å². The second-order valence-corrected chi connectivity index (χ2v) is 8.05. The highest BCUT2D eigenvalue weighted by molar-refractivity contribution is 7.99. The molecule has 0 fully saturated rings. The topological polar surface area (TPSA) is 81.1 Å². The number of nitrogens with zero attached hydrogens (tertiary/aromatic N) is 2. The lowest BCUT2D eigenvalue weighted by molar-refractivity contribution is 0.100. The van der Waals surface area contributed by atoms with Gasteiger partial charge in [-0.05, 0) is 47.8 Å². The van der Waals surface area contributed by atoms with Crippen LogP contribution >= 0.6 is 23.1 Å². The van der Waals surface area contributed by atoms with Gasteiger partial charge in [-0.15, -0.1) is 11.3 Å². The highest BCUT2D eigenvalue weighted by atomic mass is 32.2. The molecule has 0 unspecified atom stereocenters. The summed E-state index contributed by atoms with van der Waals surface area (Å²) in [5.74, 6) is -1.18. The molecule has 0 radical (unpaired) electrons. The van der Waals surface area contributed by atoms with Gasteiger partial charge in [0.2, 0.25) is 0 Å². The summed E-state index contributed by atoms with van der Waals surface area (Å²) in [6.45, 7) is 0. The number of carbonyl (C=O) groups is 2. The zero-order valence-corrected chi connectivity index (χ0v) is 17.0. The van der Waals surface area contributed by atoms with Gasteiger partial charge in [-0.2, -0.15) is 4.68 Å². The van der Waals surface area contributed by atoms with E-state index in [1.165, 1.54) is 35.6 Å². The minimum atomic E-state index is -0.470. The molecule has 4 rings (SSSR count). The molecule has 0 atom stereocenters. The van der Waals surface area contributed by atoms with Crippen LogP contribution in [0.5, 0.6) is 0 Å². The molecule has 1 N–H and O–H groups in total. The first-order chi connectivity index (χ1) is 14.5. The van der Waals surface area contributed by atoms with Crippen LogP contribution in [0.25, 0.3) is 10.2 Å². The van der Waals surface area contributed by atoms with Gasteiger partial charge in [0, 0.05) is 11.1 Å². The maximum Gasteiger partial charge on any atom is 0.291 e. The van der Waals surface area contributed by atoms with Gasteiger partial charge >= 0.3 is 0 Å². The number of thiophene rings is 1. The van der Waals surface area contributed by atoms with Crippen molar-refractivity contribution in [1.82, 2.24) is 9.66 Å². The number of carbonyl (C=O) groups excluding carboxylic acids is 2. The smallest absolute Gasteiger partial charge is 0.291 e. The van der Waals surface area contributed by atoms with Crippen molar-refractivity contribution in [2.75, 3.05) is 11.2 Å². The van der Waals surface area contributed by atoms with Crippen LogP contribution in [0.1, 0.15) is 20.7 Å². The Kier molecular flexibility index (Phi) is 5.73. The Balaban J connectivity index is 1.63. The summed E-state index contributed by atoms with van der Waals surface area (Å²) in [7, 11) is 0. The van der Waals surface area contributed by atoms with Crippen molar-refractivity contribution in [2.45, 2.75) is 5.16 Å². The predicted molar refractivity (Wildman–Crippen MR) is 115 cm³/mol. The third kappa shape index (κ3) is 4.17. The summed E-state index contributed by atoms with van der Waals surface area (Å²) in [6.07, 6.45) is 0. The minimum Gasteiger partial charge on any atom is -0.293 e. The van der Waals surface area contributed by atoms with Crippen molar-refractivity contribution >= 4 is 45.0 Å². The van der Waals surface area contributed by atoms with Crippen LogP contribution in [0.4, 0.5) is 4.39 Å². The number of Topliss-reactive ketones (excluding diaryl/α,β-unsaturated/α-hetero) is 1. The maximum atomic E-state index is 13.1. The summed E-state index contributed by atoms with van der Waals surface area (Å²) >= 11 is 2.25. The molecule has 4 aromatic rings. The van der Waals surface area contributed by atoms with E-state index in [1.54, 1.807) is 41.8 Å². The number of fused-ring (bicyclic) bond motifs is 1. The molecular formula is C21H14FN3O3S2. The highest BCUT2D eigenvalue weighted by Crippen LogP contribution is 2.21. The zero-order chi connectivity index (χ0) is 21.1. The van der Waals surface area contributed by atoms with Gasteiger partial charge in [0.25, 0.3) is 11.5 Å². The summed E-state index contributed by atoms with van der Waals surface area (Å²) in [5.41, 5.74) is 3.38. The van der Waals surface area contributed by atoms with Crippen molar-refractivity contribution in [3.63, 3.8) is 0 Å². The molecule has 30 heavy (non-hydrogen) atoms. The monoisotopic (exact) mass is 439 g/mol. The molecule has 0 aliphatic carbocycles. The lowest BCUT2D eigenvalue weighted by atomic mass is 10.1. The molecule has 150 valence electrons. The molecule has 2 aromatic heterocycles. The van der Waals surface area contributed by atoms with Gasteiger partial charge in [-0.1, -0.05) is 30.0 Å². The summed E-state index contributed by atoms with van der Waals surface area (Å²) < 4.78 is 14.5. The van der Waals surface area contributed by atoms with Crippen LogP contribution in [0.15, 0.2) is 76.0 Å². The fourth-order valence-electron chi connectivity index (χ4n) is 2.69. The number of ketones is 1. The van der Waals surface area contributed by atoms with Crippen LogP contribution in [0.2, 0.25) is 0 Å². The Morgan fingerprint density at radius 2 is 1.77 bits per heavy atom. The molecule has 2 aromatic carbocycles. The second kappa shape index (κ2) is 8.60. The van der Waals surface area contributed by atoms with Gasteiger partial charge in [0.15, 0.2) is 10.9 Å². The van der Waals surface area contributed by atoms with Crippen LogP contribution in [-0.2, 0) is 0 Å². The van der Waals surface area contributed by atoms with Gasteiger partial charge < -0.3 is 0 Å². The fourth-order valence-corrected chi connectivity index (χ4v) is 4.30. The van der Waals surface area contributed by atoms with Crippen molar-refractivity contribution in [3.8, 4) is 0 Å².